The van der Waals surface area contributed by atoms with Crippen LogP contribution in [-0.4, -0.2) is 17.0 Å². The van der Waals surface area contributed by atoms with Crippen molar-refractivity contribution in [1.29, 1.82) is 0 Å². The predicted molar refractivity (Wildman–Crippen MR) is 141 cm³/mol. The average Bonchev–Trinajstić information content (AvgIpc) is 3.37. The standard InChI is InChI=1S/C24H14Br2FNO4S2/c25-17-7-14(8-18(26)22(17)30-11-13-1-3-15(27)4-2-13)9-21-23(29)28(24(33)34-21)16-5-6-19-20(10-16)32-12-31-19/h1-10H,11-12H2/b21-9+. The van der Waals surface area contributed by atoms with Gasteiger partial charge >= 0.3 is 0 Å². The number of nitrogens with zero attached hydrogens (tertiary/aromatic N) is 1. The van der Waals surface area contributed by atoms with Crippen LogP contribution < -0.4 is 19.1 Å². The minimum Gasteiger partial charge on any atom is -0.487 e. The maximum atomic E-state index is 13.1. The molecule has 172 valence electrons. The minimum absolute atomic E-state index is 0.157. The molecule has 3 aromatic rings. The number of thioether (sulfide) groups is 1. The van der Waals surface area contributed by atoms with Crippen LogP contribution in [0, 0.1) is 5.82 Å². The summed E-state index contributed by atoms with van der Waals surface area (Å²) < 4.78 is 31.6. The molecule has 3 aromatic carbocycles. The first-order chi connectivity index (χ1) is 16.4. The smallest absolute Gasteiger partial charge is 0.270 e. The predicted octanol–water partition coefficient (Wildman–Crippen LogP) is 7.06. The lowest BCUT2D eigenvalue weighted by Gasteiger charge is -2.14. The summed E-state index contributed by atoms with van der Waals surface area (Å²) in [6.45, 7) is 0.440. The fraction of sp³-hybridized carbons (Fsp3) is 0.0833. The van der Waals surface area contributed by atoms with Gasteiger partial charge in [-0.25, -0.2) is 4.39 Å². The molecule has 0 N–H and O–H groups in total. The third kappa shape index (κ3) is 4.72. The van der Waals surface area contributed by atoms with Gasteiger partial charge in [0.1, 0.15) is 18.2 Å². The number of ether oxygens (including phenoxy) is 3. The molecule has 5 rings (SSSR count). The molecule has 2 aliphatic heterocycles. The molecule has 0 atom stereocenters. The van der Waals surface area contributed by atoms with Gasteiger partial charge in [0.25, 0.3) is 5.91 Å². The fourth-order valence-electron chi connectivity index (χ4n) is 3.40. The lowest BCUT2D eigenvalue weighted by Crippen LogP contribution is -2.27. The van der Waals surface area contributed by atoms with Crippen molar-refractivity contribution in [2.75, 3.05) is 11.7 Å². The molecule has 0 spiro atoms. The van der Waals surface area contributed by atoms with Gasteiger partial charge in [-0.3, -0.25) is 9.69 Å². The van der Waals surface area contributed by atoms with E-state index in [-0.39, 0.29) is 25.1 Å². The van der Waals surface area contributed by atoms with Gasteiger partial charge < -0.3 is 14.2 Å². The van der Waals surface area contributed by atoms with Crippen LogP contribution >= 0.6 is 55.8 Å². The molecular formula is C24H14Br2FNO4S2. The average molecular weight is 623 g/mol. The Morgan fingerprint density at radius 3 is 2.50 bits per heavy atom. The molecule has 2 heterocycles. The summed E-state index contributed by atoms with van der Waals surface area (Å²) in [5.74, 6) is 1.33. The Hall–Kier alpha value is -2.40. The number of amides is 1. The van der Waals surface area contributed by atoms with E-state index in [0.717, 1.165) is 11.1 Å². The Kier molecular flexibility index (Phi) is 6.65. The zero-order chi connectivity index (χ0) is 23.8. The lowest BCUT2D eigenvalue weighted by molar-refractivity contribution is -0.113. The van der Waals surface area contributed by atoms with E-state index < -0.39 is 0 Å². The van der Waals surface area contributed by atoms with Crippen molar-refractivity contribution in [3.05, 3.63) is 85.4 Å². The van der Waals surface area contributed by atoms with Crippen LogP contribution in [0.15, 0.2) is 68.4 Å². The number of benzene rings is 3. The number of halogens is 3. The Balaban J connectivity index is 1.35. The van der Waals surface area contributed by atoms with Crippen LogP contribution in [0.1, 0.15) is 11.1 Å². The second-order valence-corrected chi connectivity index (χ2v) is 10.7. The second kappa shape index (κ2) is 9.69. The Bertz CT molecular complexity index is 1320. The molecule has 5 nitrogen and oxygen atoms in total. The van der Waals surface area contributed by atoms with Crippen molar-refractivity contribution >= 4 is 77.8 Å². The molecular weight excluding hydrogens is 609 g/mol. The van der Waals surface area contributed by atoms with Crippen molar-refractivity contribution in [3.63, 3.8) is 0 Å². The van der Waals surface area contributed by atoms with E-state index in [2.05, 4.69) is 31.9 Å². The number of fused-ring (bicyclic) bond motifs is 1. The van der Waals surface area contributed by atoms with Crippen molar-refractivity contribution in [2.45, 2.75) is 6.61 Å². The number of hydrogen-bond acceptors (Lipinski definition) is 6. The lowest BCUT2D eigenvalue weighted by atomic mass is 10.2. The van der Waals surface area contributed by atoms with E-state index in [1.807, 2.05) is 12.1 Å². The number of carbonyl (C=O) groups is 1. The van der Waals surface area contributed by atoms with Crippen LogP contribution in [-0.2, 0) is 11.4 Å². The van der Waals surface area contributed by atoms with Gasteiger partial charge in [-0.05, 0) is 85.5 Å². The first-order valence-electron chi connectivity index (χ1n) is 9.93. The van der Waals surface area contributed by atoms with Crippen molar-refractivity contribution in [3.8, 4) is 17.2 Å². The molecule has 0 bridgehead atoms. The zero-order valence-electron chi connectivity index (χ0n) is 17.2. The van der Waals surface area contributed by atoms with Crippen molar-refractivity contribution in [1.82, 2.24) is 0 Å². The molecule has 1 saturated heterocycles. The quantitative estimate of drug-likeness (QED) is 0.224. The summed E-state index contributed by atoms with van der Waals surface area (Å²) in [6.07, 6.45) is 1.78. The number of carbonyl (C=O) groups excluding carboxylic acids is 1. The van der Waals surface area contributed by atoms with E-state index in [9.17, 15) is 9.18 Å². The Morgan fingerprint density at radius 2 is 1.76 bits per heavy atom. The van der Waals surface area contributed by atoms with Crippen molar-refractivity contribution in [2.24, 2.45) is 0 Å². The first-order valence-corrected chi connectivity index (χ1v) is 12.7. The summed E-state index contributed by atoms with van der Waals surface area (Å²) >= 11 is 13.8. The molecule has 0 unspecified atom stereocenters. The fourth-order valence-corrected chi connectivity index (χ4v) is 6.15. The van der Waals surface area contributed by atoms with Gasteiger partial charge in [-0.1, -0.05) is 36.1 Å². The molecule has 1 fully saturated rings. The second-order valence-electron chi connectivity index (χ2n) is 7.28. The van der Waals surface area contributed by atoms with Gasteiger partial charge in [0.15, 0.2) is 15.8 Å². The number of rotatable bonds is 5. The largest absolute Gasteiger partial charge is 0.487 e. The normalized spacial score (nSPS) is 16.0. The first kappa shape index (κ1) is 23.3. The third-order valence-corrected chi connectivity index (χ3v) is 7.50. The van der Waals surface area contributed by atoms with Gasteiger partial charge in [0.05, 0.1) is 19.5 Å². The van der Waals surface area contributed by atoms with E-state index in [0.29, 0.717) is 41.1 Å². The molecule has 0 aliphatic carbocycles. The minimum atomic E-state index is -0.292. The van der Waals surface area contributed by atoms with E-state index >= 15 is 0 Å². The summed E-state index contributed by atoms with van der Waals surface area (Å²) in [7, 11) is 0. The van der Waals surface area contributed by atoms with Gasteiger partial charge in [0, 0.05) is 6.07 Å². The third-order valence-electron chi connectivity index (χ3n) is 5.02. The summed E-state index contributed by atoms with van der Waals surface area (Å²) in [5, 5.41) is 0. The number of anilines is 1. The van der Waals surface area contributed by atoms with Crippen LogP contribution in [0.25, 0.3) is 6.08 Å². The molecule has 0 saturated carbocycles. The highest BCUT2D eigenvalue weighted by Gasteiger charge is 2.34. The van der Waals surface area contributed by atoms with Crippen LogP contribution in [0.3, 0.4) is 0 Å². The molecule has 0 radical (unpaired) electrons. The van der Waals surface area contributed by atoms with Crippen molar-refractivity contribution < 1.29 is 23.4 Å². The number of thiocarbonyl (C=S) groups is 1. The van der Waals surface area contributed by atoms with E-state index in [1.165, 1.54) is 28.8 Å². The Labute approximate surface area is 221 Å². The molecule has 2 aliphatic rings. The zero-order valence-corrected chi connectivity index (χ0v) is 22.0. The van der Waals surface area contributed by atoms with Gasteiger partial charge in [-0.2, -0.15) is 0 Å². The summed E-state index contributed by atoms with van der Waals surface area (Å²) in [6, 6.07) is 15.1. The molecule has 10 heteroatoms. The highest BCUT2D eigenvalue weighted by atomic mass is 79.9. The maximum absolute atomic E-state index is 13.1. The van der Waals surface area contributed by atoms with Crippen LogP contribution in [0.2, 0.25) is 0 Å². The highest BCUT2D eigenvalue weighted by Crippen LogP contribution is 2.42. The SMILES string of the molecule is O=C1/C(=C\c2cc(Br)c(OCc3ccc(F)cc3)c(Br)c2)SC(=S)N1c1ccc2c(c1)OCO2. The van der Waals surface area contributed by atoms with Crippen LogP contribution in [0.4, 0.5) is 10.1 Å². The van der Waals surface area contributed by atoms with E-state index in [4.69, 9.17) is 26.4 Å². The van der Waals surface area contributed by atoms with Gasteiger partial charge in [0.2, 0.25) is 6.79 Å². The monoisotopic (exact) mass is 621 g/mol. The summed E-state index contributed by atoms with van der Waals surface area (Å²) in [5.41, 5.74) is 2.26. The molecule has 1 amide bonds. The number of hydrogen-bond donors (Lipinski definition) is 0. The van der Waals surface area contributed by atoms with E-state index in [1.54, 1.807) is 36.4 Å². The van der Waals surface area contributed by atoms with Gasteiger partial charge in [-0.15, -0.1) is 0 Å². The Morgan fingerprint density at radius 1 is 1.06 bits per heavy atom. The molecule has 0 aromatic heterocycles. The molecule has 34 heavy (non-hydrogen) atoms. The topological polar surface area (TPSA) is 48.0 Å². The maximum Gasteiger partial charge on any atom is 0.270 e. The highest BCUT2D eigenvalue weighted by molar-refractivity contribution is 9.11. The summed E-state index contributed by atoms with van der Waals surface area (Å²) in [4.78, 5) is 15.1. The van der Waals surface area contributed by atoms with Crippen LogP contribution in [0.5, 0.6) is 17.2 Å².